The fourth-order valence-electron chi connectivity index (χ4n) is 3.72. The van der Waals surface area contributed by atoms with Crippen LogP contribution in [0.2, 0.25) is 5.02 Å². The van der Waals surface area contributed by atoms with Crippen LogP contribution in [0.5, 0.6) is 0 Å². The van der Waals surface area contributed by atoms with Crippen molar-refractivity contribution in [3.8, 4) is 0 Å². The first-order valence-corrected chi connectivity index (χ1v) is 8.25. The summed E-state index contributed by atoms with van der Waals surface area (Å²) in [6, 6.07) is 5.61. The number of carbonyl (C=O) groups is 1. The Hall–Kier alpha value is -1.13. The van der Waals surface area contributed by atoms with Crippen LogP contribution in [0.15, 0.2) is 18.2 Å². The van der Waals surface area contributed by atoms with Crippen LogP contribution in [-0.2, 0) is 4.79 Å². The molecule has 0 aliphatic heterocycles. The first-order chi connectivity index (χ1) is 9.69. The maximum absolute atomic E-state index is 12.4. The highest BCUT2D eigenvalue weighted by Gasteiger charge is 2.43. The number of rotatable bonds is 2. The number of benzene rings is 1. The molecule has 1 aromatic carbocycles. The van der Waals surface area contributed by atoms with Crippen molar-refractivity contribution in [1.82, 2.24) is 4.98 Å². The second-order valence-corrected chi connectivity index (χ2v) is 7.37. The monoisotopic (exact) mass is 306 g/mol. The van der Waals surface area contributed by atoms with Crippen LogP contribution in [0, 0.1) is 17.8 Å². The summed E-state index contributed by atoms with van der Waals surface area (Å²) in [7, 11) is 0. The number of amides is 1. The molecule has 104 valence electrons. The maximum atomic E-state index is 12.4. The van der Waals surface area contributed by atoms with Crippen molar-refractivity contribution in [1.29, 1.82) is 0 Å². The van der Waals surface area contributed by atoms with Gasteiger partial charge in [-0.2, -0.15) is 0 Å². The number of nitrogens with one attached hydrogen (secondary N) is 1. The van der Waals surface area contributed by atoms with Crippen LogP contribution in [0.3, 0.4) is 0 Å². The Morgan fingerprint density at radius 1 is 1.35 bits per heavy atom. The molecule has 0 radical (unpaired) electrons. The molecule has 2 aromatic rings. The summed E-state index contributed by atoms with van der Waals surface area (Å²) in [5, 5.41) is 4.39. The van der Waals surface area contributed by atoms with Crippen LogP contribution >= 0.6 is 22.9 Å². The molecule has 3 nitrogen and oxygen atoms in total. The molecule has 0 unspecified atom stereocenters. The van der Waals surface area contributed by atoms with E-state index in [-0.39, 0.29) is 11.8 Å². The zero-order chi connectivity index (χ0) is 13.7. The minimum absolute atomic E-state index is 0.155. The van der Waals surface area contributed by atoms with Crippen molar-refractivity contribution >= 4 is 44.2 Å². The molecule has 2 fully saturated rings. The van der Waals surface area contributed by atoms with Crippen molar-refractivity contribution in [2.24, 2.45) is 17.8 Å². The Morgan fingerprint density at radius 3 is 3.00 bits per heavy atom. The SMILES string of the molecule is O=C(Nc1nc2ccc(Cl)cc2s1)[C@@H]1C[C@@H]2CC[C@@H]1C2. The molecule has 1 aromatic heterocycles. The number of hydrogen-bond donors (Lipinski definition) is 1. The minimum Gasteiger partial charge on any atom is -0.302 e. The first kappa shape index (κ1) is 12.6. The Bertz CT molecular complexity index is 684. The van der Waals surface area contributed by atoms with E-state index in [4.69, 9.17) is 11.6 Å². The normalized spacial score (nSPS) is 28.1. The number of carbonyl (C=O) groups excluding carboxylic acids is 1. The maximum Gasteiger partial charge on any atom is 0.229 e. The standard InChI is InChI=1S/C15H15ClN2OS/c16-10-3-4-12-13(7-10)20-15(17-12)18-14(19)11-6-8-1-2-9(11)5-8/h3-4,7-9,11H,1-2,5-6H2,(H,17,18,19)/t8-,9-,11-/m1/s1. The minimum atomic E-state index is 0.155. The fourth-order valence-corrected chi connectivity index (χ4v) is 4.86. The third-order valence-corrected chi connectivity index (χ3v) is 5.82. The lowest BCUT2D eigenvalue weighted by Gasteiger charge is -2.19. The van der Waals surface area contributed by atoms with Gasteiger partial charge in [0.15, 0.2) is 5.13 Å². The molecular weight excluding hydrogens is 292 g/mol. The number of aromatic nitrogens is 1. The zero-order valence-electron chi connectivity index (χ0n) is 10.9. The Morgan fingerprint density at radius 2 is 2.25 bits per heavy atom. The van der Waals surface area contributed by atoms with E-state index in [2.05, 4.69) is 10.3 Å². The number of fused-ring (bicyclic) bond motifs is 3. The third-order valence-electron chi connectivity index (χ3n) is 4.66. The predicted octanol–water partition coefficient (Wildman–Crippen LogP) is 4.32. The van der Waals surface area contributed by atoms with Gasteiger partial charge in [0.25, 0.3) is 0 Å². The lowest BCUT2D eigenvalue weighted by atomic mass is 9.88. The lowest BCUT2D eigenvalue weighted by molar-refractivity contribution is -0.121. The van der Waals surface area contributed by atoms with Crippen molar-refractivity contribution in [2.75, 3.05) is 5.32 Å². The van der Waals surface area contributed by atoms with Crippen LogP contribution in [0.25, 0.3) is 10.2 Å². The summed E-state index contributed by atoms with van der Waals surface area (Å²) in [5.41, 5.74) is 0.891. The number of anilines is 1. The number of hydrogen-bond acceptors (Lipinski definition) is 3. The van der Waals surface area contributed by atoms with Gasteiger partial charge in [0.1, 0.15) is 0 Å². The molecule has 2 aliphatic carbocycles. The smallest absolute Gasteiger partial charge is 0.229 e. The molecule has 1 amide bonds. The van der Waals surface area contributed by atoms with E-state index in [0.29, 0.717) is 16.1 Å². The van der Waals surface area contributed by atoms with Crippen molar-refractivity contribution in [2.45, 2.75) is 25.7 Å². The van der Waals surface area contributed by atoms with Crippen LogP contribution in [-0.4, -0.2) is 10.9 Å². The summed E-state index contributed by atoms with van der Waals surface area (Å²) >= 11 is 7.46. The van der Waals surface area contributed by atoms with E-state index in [1.54, 1.807) is 0 Å². The molecule has 0 saturated heterocycles. The summed E-state index contributed by atoms with van der Waals surface area (Å²) < 4.78 is 1.01. The fraction of sp³-hybridized carbons (Fsp3) is 0.467. The molecule has 2 aliphatic rings. The molecule has 0 spiro atoms. The van der Waals surface area contributed by atoms with Gasteiger partial charge >= 0.3 is 0 Å². The van der Waals surface area contributed by atoms with Gasteiger partial charge in [-0.1, -0.05) is 29.4 Å². The summed E-state index contributed by atoms with van der Waals surface area (Å²) in [4.78, 5) is 16.8. The highest BCUT2D eigenvalue weighted by Crippen LogP contribution is 2.48. The van der Waals surface area contributed by atoms with Gasteiger partial charge in [-0.3, -0.25) is 4.79 Å². The molecule has 1 heterocycles. The summed E-state index contributed by atoms with van der Waals surface area (Å²) in [5.74, 6) is 1.74. The van der Waals surface area contributed by atoms with Crippen LogP contribution in [0.1, 0.15) is 25.7 Å². The molecule has 2 bridgehead atoms. The highest BCUT2D eigenvalue weighted by molar-refractivity contribution is 7.22. The summed E-state index contributed by atoms with van der Waals surface area (Å²) in [6.45, 7) is 0. The molecule has 4 rings (SSSR count). The molecule has 1 N–H and O–H groups in total. The van der Waals surface area contributed by atoms with Gasteiger partial charge in [0, 0.05) is 10.9 Å². The van der Waals surface area contributed by atoms with E-state index in [0.717, 1.165) is 22.6 Å². The number of nitrogens with zero attached hydrogens (tertiary/aromatic N) is 1. The van der Waals surface area contributed by atoms with Gasteiger partial charge in [-0.05, 0) is 49.3 Å². The zero-order valence-corrected chi connectivity index (χ0v) is 12.5. The molecule has 2 saturated carbocycles. The van der Waals surface area contributed by atoms with E-state index >= 15 is 0 Å². The van der Waals surface area contributed by atoms with Crippen molar-refractivity contribution in [3.63, 3.8) is 0 Å². The third kappa shape index (κ3) is 2.11. The van der Waals surface area contributed by atoms with Crippen molar-refractivity contribution < 1.29 is 4.79 Å². The largest absolute Gasteiger partial charge is 0.302 e. The van der Waals surface area contributed by atoms with Gasteiger partial charge < -0.3 is 5.32 Å². The molecule has 3 atom stereocenters. The van der Waals surface area contributed by atoms with E-state index < -0.39 is 0 Å². The second kappa shape index (κ2) is 4.71. The van der Waals surface area contributed by atoms with E-state index in [1.807, 2.05) is 18.2 Å². The van der Waals surface area contributed by atoms with Gasteiger partial charge in [0.2, 0.25) is 5.91 Å². The van der Waals surface area contributed by atoms with E-state index in [1.165, 1.54) is 30.6 Å². The lowest BCUT2D eigenvalue weighted by Crippen LogP contribution is -2.27. The Kier molecular flexibility index (Phi) is 2.97. The molecule has 5 heteroatoms. The average molecular weight is 307 g/mol. The predicted molar refractivity (Wildman–Crippen MR) is 82.2 cm³/mol. The van der Waals surface area contributed by atoms with E-state index in [9.17, 15) is 4.79 Å². The number of thiazole rings is 1. The molecule has 20 heavy (non-hydrogen) atoms. The van der Waals surface area contributed by atoms with Gasteiger partial charge in [-0.15, -0.1) is 0 Å². The first-order valence-electron chi connectivity index (χ1n) is 7.06. The van der Waals surface area contributed by atoms with Crippen molar-refractivity contribution in [3.05, 3.63) is 23.2 Å². The van der Waals surface area contributed by atoms with Crippen LogP contribution < -0.4 is 5.32 Å². The second-order valence-electron chi connectivity index (χ2n) is 5.90. The van der Waals surface area contributed by atoms with Gasteiger partial charge in [-0.25, -0.2) is 4.98 Å². The average Bonchev–Trinajstić information content (AvgIpc) is 3.11. The molecular formula is C15H15ClN2OS. The Labute approximate surface area is 126 Å². The highest BCUT2D eigenvalue weighted by atomic mass is 35.5. The Balaban J connectivity index is 1.53. The van der Waals surface area contributed by atoms with Gasteiger partial charge in [0.05, 0.1) is 10.2 Å². The van der Waals surface area contributed by atoms with Crippen LogP contribution in [0.4, 0.5) is 5.13 Å². The quantitative estimate of drug-likeness (QED) is 0.897. The summed E-state index contributed by atoms with van der Waals surface area (Å²) in [6.07, 6.45) is 4.84. The number of halogens is 1. The topological polar surface area (TPSA) is 42.0 Å².